The van der Waals surface area contributed by atoms with Crippen molar-refractivity contribution in [2.24, 2.45) is 0 Å². The summed E-state index contributed by atoms with van der Waals surface area (Å²) in [6.45, 7) is 5.63. The maximum Gasteiger partial charge on any atom is 0.256 e. The minimum atomic E-state index is -0.343. The zero-order valence-corrected chi connectivity index (χ0v) is 16.0. The Balaban J connectivity index is 1.85. The van der Waals surface area contributed by atoms with E-state index in [4.69, 9.17) is 4.42 Å². The van der Waals surface area contributed by atoms with Crippen molar-refractivity contribution in [1.82, 2.24) is 15.2 Å². The largest absolute Gasteiger partial charge is 0.431 e. The van der Waals surface area contributed by atoms with Gasteiger partial charge in [0.05, 0.1) is 18.5 Å². The lowest BCUT2D eigenvalue weighted by Crippen LogP contribution is -2.46. The lowest BCUT2D eigenvalue weighted by Gasteiger charge is -2.23. The van der Waals surface area contributed by atoms with Crippen LogP contribution >= 0.6 is 11.8 Å². The summed E-state index contributed by atoms with van der Waals surface area (Å²) < 4.78 is 18.5. The summed E-state index contributed by atoms with van der Waals surface area (Å²) in [5.74, 6) is -0.152. The van der Waals surface area contributed by atoms with E-state index in [9.17, 15) is 14.0 Å². The second-order valence-corrected chi connectivity index (χ2v) is 7.76. The number of nitrogens with zero attached hydrogens (tertiary/aromatic N) is 2. The average Bonchev–Trinajstić information content (AvgIpc) is 3.00. The predicted octanol–water partition coefficient (Wildman–Crippen LogP) is 2.95. The van der Waals surface area contributed by atoms with Gasteiger partial charge in [-0.05, 0) is 45.0 Å². The molecule has 8 heteroatoms. The van der Waals surface area contributed by atoms with Crippen molar-refractivity contribution >= 4 is 23.6 Å². The maximum absolute atomic E-state index is 13.0. The predicted molar refractivity (Wildman–Crippen MR) is 98.2 cm³/mol. The quantitative estimate of drug-likeness (QED) is 0.781. The first-order chi connectivity index (χ1) is 12.1. The third-order valence-corrected chi connectivity index (χ3v) is 4.08. The van der Waals surface area contributed by atoms with Crippen LogP contribution in [-0.2, 0) is 9.59 Å². The lowest BCUT2D eigenvalue weighted by molar-refractivity contribution is -0.133. The smallest absolute Gasteiger partial charge is 0.256 e. The van der Waals surface area contributed by atoms with E-state index < -0.39 is 0 Å². The van der Waals surface area contributed by atoms with Crippen LogP contribution in [0.1, 0.15) is 20.8 Å². The highest BCUT2D eigenvalue weighted by atomic mass is 32.2. The highest BCUT2D eigenvalue weighted by Gasteiger charge is 2.18. The summed E-state index contributed by atoms with van der Waals surface area (Å²) in [5.41, 5.74) is 0.359. The SMILES string of the molecule is CN(CC(=O)NC(C)(C)C)C(=O)CSc1ncc(-c2ccc(F)cc2)o1. The molecular weight excluding hydrogens is 357 g/mol. The van der Waals surface area contributed by atoms with E-state index >= 15 is 0 Å². The molecule has 0 saturated carbocycles. The van der Waals surface area contributed by atoms with E-state index in [1.165, 1.54) is 23.2 Å². The van der Waals surface area contributed by atoms with Crippen LogP contribution in [0.2, 0.25) is 0 Å². The van der Waals surface area contributed by atoms with Crippen LogP contribution in [0, 0.1) is 5.82 Å². The van der Waals surface area contributed by atoms with Gasteiger partial charge in [0.2, 0.25) is 11.8 Å². The number of oxazole rings is 1. The minimum Gasteiger partial charge on any atom is -0.431 e. The number of carbonyl (C=O) groups is 2. The molecule has 0 aliphatic heterocycles. The zero-order valence-electron chi connectivity index (χ0n) is 15.2. The third-order valence-electron chi connectivity index (χ3n) is 3.25. The second kappa shape index (κ2) is 8.35. The number of nitrogens with one attached hydrogen (secondary N) is 1. The van der Waals surface area contributed by atoms with Crippen LogP contribution in [-0.4, -0.2) is 46.6 Å². The van der Waals surface area contributed by atoms with Crippen molar-refractivity contribution in [2.75, 3.05) is 19.3 Å². The van der Waals surface area contributed by atoms with Crippen molar-refractivity contribution in [3.05, 3.63) is 36.3 Å². The lowest BCUT2D eigenvalue weighted by atomic mass is 10.1. The summed E-state index contributed by atoms with van der Waals surface area (Å²) in [5, 5.41) is 3.15. The molecule has 0 bridgehead atoms. The molecule has 0 saturated heterocycles. The first-order valence-corrected chi connectivity index (χ1v) is 9.02. The minimum absolute atomic E-state index is 0.0108. The van der Waals surface area contributed by atoms with Crippen LogP contribution in [0.3, 0.4) is 0 Å². The molecule has 140 valence electrons. The number of likely N-dealkylation sites (N-methyl/N-ethyl adjacent to an activating group) is 1. The molecule has 0 aliphatic rings. The number of rotatable bonds is 6. The third kappa shape index (κ3) is 6.18. The first-order valence-electron chi connectivity index (χ1n) is 8.03. The van der Waals surface area contributed by atoms with Crippen molar-refractivity contribution in [1.29, 1.82) is 0 Å². The molecule has 1 aromatic heterocycles. The molecule has 0 spiro atoms. The van der Waals surface area contributed by atoms with Gasteiger partial charge >= 0.3 is 0 Å². The fourth-order valence-electron chi connectivity index (χ4n) is 2.07. The number of carbonyl (C=O) groups excluding carboxylic acids is 2. The standard InChI is InChI=1S/C18H22FN3O3S/c1-18(2,3)21-15(23)10-22(4)16(24)11-26-17-20-9-14(25-17)12-5-7-13(19)8-6-12/h5-9H,10-11H2,1-4H3,(H,21,23). The van der Waals surface area contributed by atoms with Gasteiger partial charge in [0.25, 0.3) is 5.22 Å². The van der Waals surface area contributed by atoms with E-state index in [1.807, 2.05) is 20.8 Å². The fraction of sp³-hybridized carbons (Fsp3) is 0.389. The molecule has 26 heavy (non-hydrogen) atoms. The van der Waals surface area contributed by atoms with E-state index in [2.05, 4.69) is 10.3 Å². The molecule has 2 rings (SSSR count). The number of hydrogen-bond acceptors (Lipinski definition) is 5. The number of halogens is 1. The van der Waals surface area contributed by atoms with Gasteiger partial charge in [-0.2, -0.15) is 0 Å². The molecule has 1 aromatic carbocycles. The van der Waals surface area contributed by atoms with E-state index in [0.29, 0.717) is 16.5 Å². The molecule has 1 heterocycles. The highest BCUT2D eigenvalue weighted by molar-refractivity contribution is 7.99. The summed E-state index contributed by atoms with van der Waals surface area (Å²) in [6.07, 6.45) is 1.53. The Kier molecular flexibility index (Phi) is 6.42. The number of benzene rings is 1. The Hall–Kier alpha value is -2.35. The Bertz CT molecular complexity index is 769. The Morgan fingerprint density at radius 3 is 2.54 bits per heavy atom. The molecule has 2 amide bonds. The van der Waals surface area contributed by atoms with Gasteiger partial charge in [0.1, 0.15) is 5.82 Å². The van der Waals surface area contributed by atoms with Gasteiger partial charge in [-0.15, -0.1) is 0 Å². The number of thioether (sulfide) groups is 1. The summed E-state index contributed by atoms with van der Waals surface area (Å²) >= 11 is 1.14. The molecule has 0 fully saturated rings. The Morgan fingerprint density at radius 2 is 1.92 bits per heavy atom. The first kappa shape index (κ1) is 20.0. The Labute approximate surface area is 156 Å². The van der Waals surface area contributed by atoms with Crippen molar-refractivity contribution in [3.8, 4) is 11.3 Å². The summed E-state index contributed by atoms with van der Waals surface area (Å²) in [4.78, 5) is 29.5. The van der Waals surface area contributed by atoms with Crippen LogP contribution in [0.15, 0.2) is 40.1 Å². The zero-order chi connectivity index (χ0) is 19.3. The van der Waals surface area contributed by atoms with Gasteiger partial charge in [0, 0.05) is 18.2 Å². The monoisotopic (exact) mass is 379 g/mol. The molecule has 0 atom stereocenters. The topological polar surface area (TPSA) is 75.4 Å². The van der Waals surface area contributed by atoms with Crippen molar-refractivity contribution < 1.29 is 18.4 Å². The molecule has 1 N–H and O–H groups in total. The molecule has 0 radical (unpaired) electrons. The molecule has 2 aromatic rings. The number of amides is 2. The fourth-order valence-corrected chi connectivity index (χ4v) is 2.81. The molecule has 6 nitrogen and oxygen atoms in total. The van der Waals surface area contributed by atoms with Crippen molar-refractivity contribution in [2.45, 2.75) is 31.5 Å². The van der Waals surface area contributed by atoms with Crippen molar-refractivity contribution in [3.63, 3.8) is 0 Å². The van der Waals surface area contributed by atoms with Gasteiger partial charge in [0.15, 0.2) is 5.76 Å². The molecule has 0 unspecified atom stereocenters. The second-order valence-electron chi connectivity index (χ2n) is 6.83. The molecule has 0 aliphatic carbocycles. The summed E-state index contributed by atoms with van der Waals surface area (Å²) in [7, 11) is 1.57. The molecular formula is C18H22FN3O3S. The van der Waals surface area contributed by atoms with E-state index in [0.717, 1.165) is 11.8 Å². The van der Waals surface area contributed by atoms with Crippen LogP contribution in [0.5, 0.6) is 0 Å². The van der Waals surface area contributed by atoms with Crippen LogP contribution in [0.4, 0.5) is 4.39 Å². The van der Waals surface area contributed by atoms with Crippen LogP contribution < -0.4 is 5.32 Å². The van der Waals surface area contributed by atoms with Gasteiger partial charge < -0.3 is 14.6 Å². The van der Waals surface area contributed by atoms with E-state index in [-0.39, 0.29) is 35.5 Å². The number of aromatic nitrogens is 1. The van der Waals surface area contributed by atoms with E-state index in [1.54, 1.807) is 19.2 Å². The van der Waals surface area contributed by atoms with Crippen LogP contribution in [0.25, 0.3) is 11.3 Å². The normalized spacial score (nSPS) is 11.3. The summed E-state index contributed by atoms with van der Waals surface area (Å²) in [6, 6.07) is 5.87. The van der Waals surface area contributed by atoms with Gasteiger partial charge in [-0.3, -0.25) is 9.59 Å². The number of hydrogen-bond donors (Lipinski definition) is 1. The van der Waals surface area contributed by atoms with Gasteiger partial charge in [-0.1, -0.05) is 11.8 Å². The van der Waals surface area contributed by atoms with Gasteiger partial charge in [-0.25, -0.2) is 9.37 Å². The Morgan fingerprint density at radius 1 is 1.27 bits per heavy atom. The highest BCUT2D eigenvalue weighted by Crippen LogP contribution is 2.25. The maximum atomic E-state index is 13.0. The average molecular weight is 379 g/mol.